The van der Waals surface area contributed by atoms with E-state index in [1.165, 1.54) is 12.1 Å². The summed E-state index contributed by atoms with van der Waals surface area (Å²) in [6.07, 6.45) is 0.888. The molecule has 6 rings (SSSR count). The Kier molecular flexibility index (Phi) is 6.68. The Morgan fingerprint density at radius 1 is 0.900 bits per heavy atom. The molecule has 0 saturated carbocycles. The molecule has 4 aromatic carbocycles. The number of ketones is 1. The molecule has 0 spiro atoms. The SMILES string of the molecule is COc1ccc([C@@H]2CC(=O)C3=C(C2)Nc2ccc(C)cc2N(C(=O)c2ccccc2)[C@H]3c2ccc(F)cc2)cc1. The van der Waals surface area contributed by atoms with E-state index in [1.54, 1.807) is 36.3 Å². The van der Waals surface area contributed by atoms with Gasteiger partial charge in [-0.25, -0.2) is 4.39 Å². The van der Waals surface area contributed by atoms with Gasteiger partial charge in [-0.1, -0.05) is 48.5 Å². The lowest BCUT2D eigenvalue weighted by atomic mass is 9.78. The van der Waals surface area contributed by atoms with Gasteiger partial charge in [-0.05, 0) is 84.5 Å². The van der Waals surface area contributed by atoms with Crippen LogP contribution < -0.4 is 15.0 Å². The lowest BCUT2D eigenvalue weighted by molar-refractivity contribution is -0.116. The molecule has 6 heteroatoms. The smallest absolute Gasteiger partial charge is 0.259 e. The van der Waals surface area contributed by atoms with Crippen molar-refractivity contribution in [3.05, 3.63) is 136 Å². The first-order valence-electron chi connectivity index (χ1n) is 13.3. The molecule has 0 aromatic heterocycles. The minimum absolute atomic E-state index is 0.0382. The summed E-state index contributed by atoms with van der Waals surface area (Å²) in [4.78, 5) is 30.1. The Morgan fingerprint density at radius 3 is 2.30 bits per heavy atom. The van der Waals surface area contributed by atoms with Gasteiger partial charge in [0.05, 0.1) is 24.5 Å². The first-order chi connectivity index (χ1) is 19.4. The van der Waals surface area contributed by atoms with Crippen LogP contribution in [0.2, 0.25) is 0 Å². The van der Waals surface area contributed by atoms with Gasteiger partial charge < -0.3 is 10.1 Å². The van der Waals surface area contributed by atoms with E-state index in [0.29, 0.717) is 35.2 Å². The second kappa shape index (κ2) is 10.5. The van der Waals surface area contributed by atoms with Gasteiger partial charge in [0.2, 0.25) is 0 Å². The molecule has 4 aromatic rings. The van der Waals surface area contributed by atoms with E-state index in [4.69, 9.17) is 4.74 Å². The van der Waals surface area contributed by atoms with Crippen LogP contribution in [0.1, 0.15) is 51.8 Å². The average molecular weight is 533 g/mol. The molecule has 1 aliphatic carbocycles. The third-order valence-electron chi connectivity index (χ3n) is 7.75. The molecular formula is C34H29FN2O3. The third-order valence-corrected chi connectivity index (χ3v) is 7.75. The van der Waals surface area contributed by atoms with Crippen molar-refractivity contribution in [3.63, 3.8) is 0 Å². The van der Waals surface area contributed by atoms with E-state index in [2.05, 4.69) is 5.32 Å². The number of anilines is 2. The maximum absolute atomic E-state index is 14.3. The maximum atomic E-state index is 14.3. The van der Waals surface area contributed by atoms with Crippen LogP contribution in [0.5, 0.6) is 5.75 Å². The highest BCUT2D eigenvalue weighted by molar-refractivity contribution is 6.12. The van der Waals surface area contributed by atoms with Crippen molar-refractivity contribution in [2.45, 2.75) is 31.7 Å². The van der Waals surface area contributed by atoms with Crippen LogP contribution >= 0.6 is 0 Å². The van der Waals surface area contributed by atoms with Crippen molar-refractivity contribution in [3.8, 4) is 5.75 Å². The standard InChI is InChI=1S/C34H29FN2O3/c1-21-8-17-28-30(18-21)37(34(39)24-6-4-3-5-7-24)33(23-9-13-26(35)14-10-23)32-29(36-28)19-25(20-31(32)38)22-11-15-27(40-2)16-12-22/h3-18,25,33,36H,19-20H2,1-2H3/t25-,33-/m0/s1. The summed E-state index contributed by atoms with van der Waals surface area (Å²) in [6.45, 7) is 1.97. The van der Waals surface area contributed by atoms with E-state index in [9.17, 15) is 14.0 Å². The second-order valence-corrected chi connectivity index (χ2v) is 10.3. The predicted molar refractivity (Wildman–Crippen MR) is 154 cm³/mol. The van der Waals surface area contributed by atoms with Gasteiger partial charge >= 0.3 is 0 Å². The third kappa shape index (κ3) is 4.66. The number of hydrogen-bond donors (Lipinski definition) is 1. The minimum Gasteiger partial charge on any atom is -0.497 e. The zero-order valence-corrected chi connectivity index (χ0v) is 22.4. The molecule has 40 heavy (non-hydrogen) atoms. The van der Waals surface area contributed by atoms with Gasteiger partial charge in [0.1, 0.15) is 11.6 Å². The summed E-state index contributed by atoms with van der Waals surface area (Å²) in [5.41, 5.74) is 5.94. The largest absolute Gasteiger partial charge is 0.497 e. The molecule has 1 amide bonds. The molecule has 1 aliphatic heterocycles. The Morgan fingerprint density at radius 2 is 1.60 bits per heavy atom. The normalized spacial score (nSPS) is 18.4. The molecule has 2 atom stereocenters. The monoisotopic (exact) mass is 532 g/mol. The summed E-state index contributed by atoms with van der Waals surface area (Å²) in [7, 11) is 1.63. The fourth-order valence-corrected chi connectivity index (χ4v) is 5.76. The van der Waals surface area contributed by atoms with Crippen LogP contribution in [-0.2, 0) is 4.79 Å². The quantitative estimate of drug-likeness (QED) is 0.298. The number of nitrogens with zero attached hydrogens (tertiary/aromatic N) is 1. The summed E-state index contributed by atoms with van der Waals surface area (Å²) in [5, 5.41) is 3.55. The van der Waals surface area contributed by atoms with Crippen molar-refractivity contribution in [1.29, 1.82) is 0 Å². The number of fused-ring (bicyclic) bond motifs is 1. The summed E-state index contributed by atoms with van der Waals surface area (Å²) < 4.78 is 19.4. The Bertz CT molecular complexity index is 1610. The number of methoxy groups -OCH3 is 1. The van der Waals surface area contributed by atoms with Crippen LogP contribution in [0, 0.1) is 12.7 Å². The van der Waals surface area contributed by atoms with E-state index in [0.717, 1.165) is 28.3 Å². The summed E-state index contributed by atoms with van der Waals surface area (Å²) in [5.74, 6) is 0.0658. The number of aryl methyl sites for hydroxylation is 1. The lowest BCUT2D eigenvalue weighted by Gasteiger charge is -2.35. The number of amides is 1. The molecule has 0 saturated heterocycles. The molecule has 0 fully saturated rings. The van der Waals surface area contributed by atoms with Gasteiger partial charge in [0.15, 0.2) is 5.78 Å². The number of nitrogens with one attached hydrogen (secondary N) is 1. The number of benzene rings is 4. The van der Waals surface area contributed by atoms with E-state index < -0.39 is 6.04 Å². The minimum atomic E-state index is -0.733. The van der Waals surface area contributed by atoms with E-state index in [-0.39, 0.29) is 23.4 Å². The van der Waals surface area contributed by atoms with Crippen LogP contribution in [0.3, 0.4) is 0 Å². The number of hydrogen-bond acceptors (Lipinski definition) is 4. The van der Waals surface area contributed by atoms with Gasteiger partial charge in [-0.3, -0.25) is 14.5 Å². The van der Waals surface area contributed by atoms with Gasteiger partial charge in [-0.15, -0.1) is 0 Å². The van der Waals surface area contributed by atoms with Crippen LogP contribution in [0.15, 0.2) is 108 Å². The molecule has 2 aliphatic rings. The number of rotatable bonds is 4. The molecule has 1 N–H and O–H groups in total. The average Bonchev–Trinajstić information content (AvgIpc) is 3.12. The molecule has 1 heterocycles. The zero-order chi connectivity index (χ0) is 27.8. The van der Waals surface area contributed by atoms with Gasteiger partial charge in [0.25, 0.3) is 5.91 Å². The van der Waals surface area contributed by atoms with Crippen molar-refractivity contribution in [1.82, 2.24) is 0 Å². The summed E-state index contributed by atoms with van der Waals surface area (Å²) in [6, 6.07) is 28.1. The highest BCUT2D eigenvalue weighted by Crippen LogP contribution is 2.48. The molecule has 200 valence electrons. The lowest BCUT2D eigenvalue weighted by Crippen LogP contribution is -2.38. The number of allylic oxidation sites excluding steroid dienone is 1. The Labute approximate surface area is 232 Å². The number of carbonyl (C=O) groups excluding carboxylic acids is 2. The van der Waals surface area contributed by atoms with Gasteiger partial charge in [0, 0.05) is 23.3 Å². The molecule has 0 unspecified atom stereocenters. The van der Waals surface area contributed by atoms with Crippen molar-refractivity contribution in [2.24, 2.45) is 0 Å². The Hall–Kier alpha value is -4.71. The van der Waals surface area contributed by atoms with Crippen molar-refractivity contribution in [2.75, 3.05) is 17.3 Å². The van der Waals surface area contributed by atoms with Gasteiger partial charge in [-0.2, -0.15) is 0 Å². The number of ether oxygens (including phenoxy) is 1. The second-order valence-electron chi connectivity index (χ2n) is 10.3. The molecule has 0 bridgehead atoms. The number of Topliss-reactive ketones (excluding diaryl/α,β-unsaturated/α-hetero) is 1. The molecule has 5 nitrogen and oxygen atoms in total. The summed E-state index contributed by atoms with van der Waals surface area (Å²) >= 11 is 0. The number of halogens is 1. The highest BCUT2D eigenvalue weighted by Gasteiger charge is 2.42. The molecular weight excluding hydrogens is 503 g/mol. The predicted octanol–water partition coefficient (Wildman–Crippen LogP) is 7.36. The highest BCUT2D eigenvalue weighted by atomic mass is 19.1. The topological polar surface area (TPSA) is 58.6 Å². The first-order valence-corrected chi connectivity index (χ1v) is 13.3. The fourth-order valence-electron chi connectivity index (χ4n) is 5.76. The fraction of sp³-hybridized carbons (Fsp3) is 0.176. The van der Waals surface area contributed by atoms with E-state index in [1.807, 2.05) is 67.6 Å². The van der Waals surface area contributed by atoms with Crippen molar-refractivity contribution < 1.29 is 18.7 Å². The maximum Gasteiger partial charge on any atom is 0.259 e. The van der Waals surface area contributed by atoms with E-state index >= 15 is 0 Å². The first kappa shape index (κ1) is 25.6. The number of carbonyl (C=O) groups is 2. The Balaban J connectivity index is 1.55. The van der Waals surface area contributed by atoms with Crippen molar-refractivity contribution >= 4 is 23.1 Å². The van der Waals surface area contributed by atoms with Crippen LogP contribution in [-0.4, -0.2) is 18.8 Å². The van der Waals surface area contributed by atoms with Crippen LogP contribution in [0.4, 0.5) is 15.8 Å². The molecule has 0 radical (unpaired) electrons. The van der Waals surface area contributed by atoms with Crippen LogP contribution in [0.25, 0.3) is 0 Å². The zero-order valence-electron chi connectivity index (χ0n) is 22.4.